The molecule has 1 saturated heterocycles. The fraction of sp³-hybridized carbons (Fsp3) is 0.500. The van der Waals surface area contributed by atoms with Crippen molar-refractivity contribution >= 4 is 11.7 Å². The van der Waals surface area contributed by atoms with Crippen LogP contribution in [0, 0.1) is 5.82 Å². The lowest BCUT2D eigenvalue weighted by atomic mass is 10.2. The van der Waals surface area contributed by atoms with Gasteiger partial charge in [-0.15, -0.1) is 0 Å². The summed E-state index contributed by atoms with van der Waals surface area (Å²) in [6, 6.07) is 0. The van der Waals surface area contributed by atoms with Gasteiger partial charge < -0.3 is 10.2 Å². The van der Waals surface area contributed by atoms with E-state index >= 15 is 0 Å². The molecule has 1 aliphatic heterocycles. The van der Waals surface area contributed by atoms with Gasteiger partial charge in [0.05, 0.1) is 12.2 Å². The van der Waals surface area contributed by atoms with Gasteiger partial charge in [-0.05, 0) is 6.42 Å². The average molecular weight is 224 g/mol. The quantitative estimate of drug-likeness (QED) is 0.775. The number of amides is 1. The van der Waals surface area contributed by atoms with Crippen LogP contribution >= 0.6 is 0 Å². The van der Waals surface area contributed by atoms with E-state index in [9.17, 15) is 9.18 Å². The van der Waals surface area contributed by atoms with Crippen LogP contribution in [0.2, 0.25) is 0 Å². The van der Waals surface area contributed by atoms with Crippen molar-refractivity contribution in [1.82, 2.24) is 15.3 Å². The van der Waals surface area contributed by atoms with E-state index in [1.807, 2.05) is 6.92 Å². The Hall–Kier alpha value is -1.72. The fourth-order valence-corrected chi connectivity index (χ4v) is 1.68. The Morgan fingerprint density at radius 1 is 1.56 bits per heavy atom. The summed E-state index contributed by atoms with van der Waals surface area (Å²) in [4.78, 5) is 20.6. The monoisotopic (exact) mass is 224 g/mol. The van der Waals surface area contributed by atoms with Crippen molar-refractivity contribution in [3.8, 4) is 0 Å². The Balaban J connectivity index is 2.29. The first kappa shape index (κ1) is 10.8. The third-order valence-corrected chi connectivity index (χ3v) is 2.52. The molecule has 2 rings (SSSR count). The fourth-order valence-electron chi connectivity index (χ4n) is 1.68. The Morgan fingerprint density at radius 2 is 2.38 bits per heavy atom. The number of rotatable bonds is 2. The Morgan fingerprint density at radius 3 is 3.06 bits per heavy atom. The highest BCUT2D eigenvalue weighted by Gasteiger charge is 2.21. The molecule has 0 saturated carbocycles. The van der Waals surface area contributed by atoms with Gasteiger partial charge in [-0.1, -0.05) is 6.92 Å². The number of carbonyl (C=O) groups is 1. The van der Waals surface area contributed by atoms with Crippen molar-refractivity contribution in [3.05, 3.63) is 17.8 Å². The van der Waals surface area contributed by atoms with Gasteiger partial charge in [-0.25, -0.2) is 14.4 Å². The Bertz CT molecular complexity index is 410. The molecule has 0 aromatic carbocycles. The van der Waals surface area contributed by atoms with Crippen LogP contribution in [-0.4, -0.2) is 35.5 Å². The van der Waals surface area contributed by atoms with Gasteiger partial charge in [0.1, 0.15) is 6.33 Å². The summed E-state index contributed by atoms with van der Waals surface area (Å²) < 4.78 is 13.9. The topological polar surface area (TPSA) is 58.1 Å². The molecule has 0 aliphatic carbocycles. The van der Waals surface area contributed by atoms with E-state index in [0.717, 1.165) is 0 Å². The highest BCUT2D eigenvalue weighted by Crippen LogP contribution is 2.18. The van der Waals surface area contributed by atoms with Gasteiger partial charge in [0.15, 0.2) is 11.6 Å². The van der Waals surface area contributed by atoms with Crippen LogP contribution in [0.5, 0.6) is 0 Å². The number of nitrogens with zero attached hydrogens (tertiary/aromatic N) is 3. The zero-order valence-electron chi connectivity index (χ0n) is 9.03. The minimum atomic E-state index is -0.417. The molecule has 1 amide bonds. The largest absolute Gasteiger partial charge is 0.353 e. The minimum absolute atomic E-state index is 0.109. The molecule has 0 unspecified atom stereocenters. The van der Waals surface area contributed by atoms with Crippen molar-refractivity contribution in [2.75, 3.05) is 24.5 Å². The molecule has 86 valence electrons. The summed E-state index contributed by atoms with van der Waals surface area (Å²) in [6.45, 7) is 3.07. The van der Waals surface area contributed by atoms with E-state index in [-0.39, 0.29) is 18.3 Å². The first-order valence-electron chi connectivity index (χ1n) is 5.23. The van der Waals surface area contributed by atoms with Crippen LogP contribution in [0.4, 0.5) is 10.2 Å². The molecule has 1 aromatic heterocycles. The molecule has 16 heavy (non-hydrogen) atoms. The van der Waals surface area contributed by atoms with Gasteiger partial charge in [0.25, 0.3) is 0 Å². The molecule has 1 aliphatic rings. The summed E-state index contributed by atoms with van der Waals surface area (Å²) in [6.07, 6.45) is 1.85. The first-order valence-corrected chi connectivity index (χ1v) is 5.23. The second-order valence-electron chi connectivity index (χ2n) is 3.58. The number of aryl methyl sites for hydroxylation is 1. The molecule has 0 atom stereocenters. The molecular formula is C10H13FN4O. The smallest absolute Gasteiger partial charge is 0.239 e. The molecule has 0 radical (unpaired) electrons. The van der Waals surface area contributed by atoms with E-state index in [0.29, 0.717) is 25.2 Å². The maximum Gasteiger partial charge on any atom is 0.239 e. The second kappa shape index (κ2) is 4.42. The lowest BCUT2D eigenvalue weighted by Crippen LogP contribution is -2.48. The van der Waals surface area contributed by atoms with Crippen LogP contribution in [0.3, 0.4) is 0 Å². The lowest BCUT2D eigenvalue weighted by Gasteiger charge is -2.27. The SMILES string of the molecule is CCc1ncnc(N2CCNC(=O)C2)c1F. The summed E-state index contributed by atoms with van der Waals surface area (Å²) in [5.41, 5.74) is 0.385. The molecular weight excluding hydrogens is 211 g/mol. The molecule has 1 fully saturated rings. The molecule has 2 heterocycles. The number of hydrogen-bond acceptors (Lipinski definition) is 4. The van der Waals surface area contributed by atoms with Crippen molar-refractivity contribution in [1.29, 1.82) is 0 Å². The number of nitrogens with one attached hydrogen (secondary N) is 1. The highest BCUT2D eigenvalue weighted by atomic mass is 19.1. The van der Waals surface area contributed by atoms with Crippen LogP contribution in [0.25, 0.3) is 0 Å². The predicted molar refractivity (Wildman–Crippen MR) is 56.6 cm³/mol. The van der Waals surface area contributed by atoms with E-state index < -0.39 is 5.82 Å². The van der Waals surface area contributed by atoms with Crippen LogP contribution in [-0.2, 0) is 11.2 Å². The van der Waals surface area contributed by atoms with Crippen molar-refractivity contribution in [3.63, 3.8) is 0 Å². The summed E-state index contributed by atoms with van der Waals surface area (Å²) in [5.74, 6) is -0.302. The molecule has 1 aromatic rings. The van der Waals surface area contributed by atoms with E-state index in [4.69, 9.17) is 0 Å². The zero-order valence-corrected chi connectivity index (χ0v) is 9.03. The van der Waals surface area contributed by atoms with Gasteiger partial charge in [0, 0.05) is 13.1 Å². The first-order chi connectivity index (χ1) is 7.72. The van der Waals surface area contributed by atoms with Gasteiger partial charge in [-0.2, -0.15) is 0 Å². The van der Waals surface area contributed by atoms with E-state index in [1.54, 1.807) is 4.90 Å². The number of carbonyl (C=O) groups excluding carboxylic acids is 1. The third-order valence-electron chi connectivity index (χ3n) is 2.52. The number of hydrogen-bond donors (Lipinski definition) is 1. The zero-order chi connectivity index (χ0) is 11.5. The minimum Gasteiger partial charge on any atom is -0.353 e. The standard InChI is InChI=1S/C10H13FN4O/c1-2-7-9(11)10(14-6-13-7)15-4-3-12-8(16)5-15/h6H,2-5H2,1H3,(H,12,16). The number of piperazine rings is 1. The Kier molecular flexibility index (Phi) is 2.98. The van der Waals surface area contributed by atoms with E-state index in [2.05, 4.69) is 15.3 Å². The predicted octanol–water partition coefficient (Wildman–Crippen LogP) is 0.114. The van der Waals surface area contributed by atoms with Crippen LogP contribution in [0.1, 0.15) is 12.6 Å². The van der Waals surface area contributed by atoms with Gasteiger partial charge in [0.2, 0.25) is 5.91 Å². The number of anilines is 1. The molecule has 0 bridgehead atoms. The highest BCUT2D eigenvalue weighted by molar-refractivity contribution is 5.82. The third kappa shape index (κ3) is 1.95. The van der Waals surface area contributed by atoms with Crippen molar-refractivity contribution < 1.29 is 9.18 Å². The summed E-state index contributed by atoms with van der Waals surface area (Å²) >= 11 is 0. The maximum atomic E-state index is 13.9. The maximum absolute atomic E-state index is 13.9. The number of aromatic nitrogens is 2. The Labute approximate surface area is 92.7 Å². The molecule has 0 spiro atoms. The molecule has 5 nitrogen and oxygen atoms in total. The molecule has 1 N–H and O–H groups in total. The van der Waals surface area contributed by atoms with Crippen LogP contribution < -0.4 is 10.2 Å². The van der Waals surface area contributed by atoms with Gasteiger partial charge >= 0.3 is 0 Å². The second-order valence-corrected chi connectivity index (χ2v) is 3.58. The average Bonchev–Trinajstić information content (AvgIpc) is 2.29. The van der Waals surface area contributed by atoms with Crippen molar-refractivity contribution in [2.45, 2.75) is 13.3 Å². The van der Waals surface area contributed by atoms with Gasteiger partial charge in [-0.3, -0.25) is 4.79 Å². The van der Waals surface area contributed by atoms with Crippen LogP contribution in [0.15, 0.2) is 6.33 Å². The number of halogens is 1. The normalized spacial score (nSPS) is 16.1. The summed E-state index contributed by atoms with van der Waals surface area (Å²) in [7, 11) is 0. The summed E-state index contributed by atoms with van der Waals surface area (Å²) in [5, 5.41) is 2.68. The lowest BCUT2D eigenvalue weighted by molar-refractivity contribution is -0.120. The molecule has 6 heteroatoms. The van der Waals surface area contributed by atoms with E-state index in [1.165, 1.54) is 6.33 Å². The van der Waals surface area contributed by atoms with Crippen molar-refractivity contribution in [2.24, 2.45) is 0 Å².